The third kappa shape index (κ3) is 5.77. The van der Waals surface area contributed by atoms with Crippen molar-refractivity contribution in [1.29, 1.82) is 0 Å². The van der Waals surface area contributed by atoms with Gasteiger partial charge in [0.15, 0.2) is 6.61 Å². The van der Waals surface area contributed by atoms with E-state index in [-0.39, 0.29) is 19.1 Å². The number of amides is 1. The van der Waals surface area contributed by atoms with Gasteiger partial charge in [0.2, 0.25) is 0 Å². The van der Waals surface area contributed by atoms with E-state index in [2.05, 4.69) is 26.1 Å². The zero-order valence-electron chi connectivity index (χ0n) is 18.9. The van der Waals surface area contributed by atoms with Gasteiger partial charge in [0.1, 0.15) is 16.3 Å². The second kappa shape index (κ2) is 11.0. The van der Waals surface area contributed by atoms with E-state index >= 15 is 0 Å². The molecule has 1 amide bonds. The predicted molar refractivity (Wildman–Crippen MR) is 130 cm³/mol. The summed E-state index contributed by atoms with van der Waals surface area (Å²) in [6.07, 6.45) is 0.941. The van der Waals surface area contributed by atoms with Crippen LogP contribution in [0.4, 0.5) is 5.00 Å². The average Bonchev–Trinajstić information content (AvgIpc) is 3.21. The Morgan fingerprint density at radius 1 is 1.06 bits per heavy atom. The van der Waals surface area contributed by atoms with Crippen molar-refractivity contribution in [2.45, 2.75) is 40.0 Å². The summed E-state index contributed by atoms with van der Waals surface area (Å²) in [4.78, 5) is 25.3. The highest BCUT2D eigenvalue weighted by atomic mass is 32.1. The third-order valence-corrected chi connectivity index (χ3v) is 5.99. The summed E-state index contributed by atoms with van der Waals surface area (Å²) in [6.45, 7) is 8.17. The summed E-state index contributed by atoms with van der Waals surface area (Å²) in [5.41, 5.74) is 4.38. The van der Waals surface area contributed by atoms with Crippen molar-refractivity contribution in [3.63, 3.8) is 0 Å². The van der Waals surface area contributed by atoms with E-state index in [1.165, 1.54) is 16.9 Å². The molecule has 1 N–H and O–H groups in total. The van der Waals surface area contributed by atoms with E-state index in [0.29, 0.717) is 22.2 Å². The van der Waals surface area contributed by atoms with Crippen LogP contribution in [0.25, 0.3) is 11.1 Å². The van der Waals surface area contributed by atoms with Gasteiger partial charge in [-0.05, 0) is 48.1 Å². The topological polar surface area (TPSA) is 64.6 Å². The van der Waals surface area contributed by atoms with Gasteiger partial charge >= 0.3 is 5.97 Å². The quantitative estimate of drug-likeness (QED) is 0.388. The molecule has 168 valence electrons. The van der Waals surface area contributed by atoms with Crippen LogP contribution in [0.5, 0.6) is 5.75 Å². The Hall–Kier alpha value is -3.12. The molecule has 0 bridgehead atoms. The van der Waals surface area contributed by atoms with Crippen molar-refractivity contribution in [3.8, 4) is 16.9 Å². The Kier molecular flexibility index (Phi) is 8.06. The highest BCUT2D eigenvalue weighted by Crippen LogP contribution is 2.36. The Bertz CT molecular complexity index is 1070. The Morgan fingerprint density at radius 3 is 2.47 bits per heavy atom. The molecule has 0 saturated carbocycles. The fourth-order valence-corrected chi connectivity index (χ4v) is 4.24. The highest BCUT2D eigenvalue weighted by molar-refractivity contribution is 7.15. The minimum absolute atomic E-state index is 0.151. The van der Waals surface area contributed by atoms with Gasteiger partial charge in [0, 0.05) is 10.9 Å². The molecule has 5 nitrogen and oxygen atoms in total. The van der Waals surface area contributed by atoms with Gasteiger partial charge in [-0.15, -0.1) is 11.3 Å². The summed E-state index contributed by atoms with van der Waals surface area (Å²) in [6, 6.07) is 15.8. The SMILES string of the molecule is CCOC(=O)c1c(-c2ccc(CC)cc2)csc1NC(=O)COc1cccc(C(C)C)c1. The molecule has 3 rings (SSSR count). The number of benzene rings is 2. The van der Waals surface area contributed by atoms with Gasteiger partial charge in [-0.1, -0.05) is 57.2 Å². The van der Waals surface area contributed by atoms with Crippen molar-refractivity contribution < 1.29 is 19.1 Å². The number of hydrogen-bond donors (Lipinski definition) is 1. The van der Waals surface area contributed by atoms with Crippen LogP contribution in [0.15, 0.2) is 53.9 Å². The molecule has 0 fully saturated rings. The van der Waals surface area contributed by atoms with Crippen LogP contribution in [0, 0.1) is 0 Å². The lowest BCUT2D eigenvalue weighted by Gasteiger charge is -2.11. The maximum absolute atomic E-state index is 12.7. The lowest BCUT2D eigenvalue weighted by molar-refractivity contribution is -0.118. The first kappa shape index (κ1) is 23.5. The van der Waals surface area contributed by atoms with E-state index in [1.807, 2.05) is 53.9 Å². The van der Waals surface area contributed by atoms with Crippen LogP contribution < -0.4 is 10.1 Å². The van der Waals surface area contributed by atoms with Gasteiger partial charge in [-0.3, -0.25) is 4.79 Å². The van der Waals surface area contributed by atoms with E-state index in [4.69, 9.17) is 9.47 Å². The number of ether oxygens (including phenoxy) is 2. The Balaban J connectivity index is 1.77. The molecule has 1 heterocycles. The first-order valence-electron chi connectivity index (χ1n) is 10.8. The molecule has 0 spiro atoms. The number of anilines is 1. The number of aryl methyl sites for hydroxylation is 1. The summed E-state index contributed by atoms with van der Waals surface area (Å²) in [7, 11) is 0. The Labute approximate surface area is 193 Å². The monoisotopic (exact) mass is 451 g/mol. The molecule has 0 unspecified atom stereocenters. The number of hydrogen-bond acceptors (Lipinski definition) is 5. The van der Waals surface area contributed by atoms with Crippen molar-refractivity contribution in [2.75, 3.05) is 18.5 Å². The first-order valence-corrected chi connectivity index (χ1v) is 11.7. The minimum Gasteiger partial charge on any atom is -0.484 e. The molecule has 32 heavy (non-hydrogen) atoms. The van der Waals surface area contributed by atoms with Gasteiger partial charge in [0.25, 0.3) is 5.91 Å². The number of nitrogens with one attached hydrogen (secondary N) is 1. The zero-order valence-corrected chi connectivity index (χ0v) is 19.8. The second-order valence-electron chi connectivity index (χ2n) is 7.69. The van der Waals surface area contributed by atoms with Crippen molar-refractivity contribution in [1.82, 2.24) is 0 Å². The van der Waals surface area contributed by atoms with Crippen molar-refractivity contribution in [2.24, 2.45) is 0 Å². The molecule has 0 saturated heterocycles. The summed E-state index contributed by atoms with van der Waals surface area (Å²) >= 11 is 1.30. The van der Waals surface area contributed by atoms with Crippen LogP contribution in [-0.4, -0.2) is 25.1 Å². The number of esters is 1. The lowest BCUT2D eigenvalue weighted by atomic mass is 10.0. The lowest BCUT2D eigenvalue weighted by Crippen LogP contribution is -2.21. The molecule has 0 atom stereocenters. The fourth-order valence-electron chi connectivity index (χ4n) is 3.26. The van der Waals surface area contributed by atoms with Crippen molar-refractivity contribution in [3.05, 3.63) is 70.6 Å². The third-order valence-electron chi connectivity index (χ3n) is 5.09. The summed E-state index contributed by atoms with van der Waals surface area (Å²) in [5.74, 6) is 0.222. The van der Waals surface area contributed by atoms with Crippen LogP contribution in [-0.2, 0) is 16.0 Å². The molecule has 0 aliphatic rings. The standard InChI is InChI=1S/C26H29NO4S/c1-5-18-10-12-19(13-11-18)22-16-32-25(24(22)26(29)30-6-2)27-23(28)15-31-21-9-7-8-20(14-21)17(3)4/h7-14,16-17H,5-6,15H2,1-4H3,(H,27,28). The van der Waals surface area contributed by atoms with E-state index in [1.54, 1.807) is 6.92 Å². The first-order chi connectivity index (χ1) is 15.4. The summed E-state index contributed by atoms with van der Waals surface area (Å²) < 4.78 is 10.9. The molecule has 1 aromatic heterocycles. The predicted octanol–water partition coefficient (Wildman–Crippen LogP) is 6.30. The number of carbonyl (C=O) groups excluding carboxylic acids is 2. The molecule has 0 radical (unpaired) electrons. The van der Waals surface area contributed by atoms with E-state index in [0.717, 1.165) is 23.1 Å². The largest absolute Gasteiger partial charge is 0.484 e. The minimum atomic E-state index is -0.454. The molecular weight excluding hydrogens is 422 g/mol. The Morgan fingerprint density at radius 2 is 1.81 bits per heavy atom. The smallest absolute Gasteiger partial charge is 0.341 e. The normalized spacial score (nSPS) is 10.8. The zero-order chi connectivity index (χ0) is 23.1. The molecular formula is C26H29NO4S. The van der Waals surface area contributed by atoms with E-state index in [9.17, 15) is 9.59 Å². The maximum Gasteiger partial charge on any atom is 0.341 e. The van der Waals surface area contributed by atoms with Crippen LogP contribution >= 0.6 is 11.3 Å². The molecule has 6 heteroatoms. The average molecular weight is 452 g/mol. The van der Waals surface area contributed by atoms with Gasteiger partial charge in [-0.2, -0.15) is 0 Å². The number of thiophene rings is 1. The number of carbonyl (C=O) groups is 2. The summed E-state index contributed by atoms with van der Waals surface area (Å²) in [5, 5.41) is 5.16. The van der Waals surface area contributed by atoms with Crippen LogP contribution in [0.1, 0.15) is 55.1 Å². The fraction of sp³-hybridized carbons (Fsp3) is 0.308. The molecule has 0 aliphatic heterocycles. The van der Waals surface area contributed by atoms with Crippen molar-refractivity contribution >= 4 is 28.2 Å². The van der Waals surface area contributed by atoms with E-state index < -0.39 is 5.97 Å². The van der Waals surface area contributed by atoms with Crippen LogP contribution in [0.2, 0.25) is 0 Å². The molecule has 0 aliphatic carbocycles. The maximum atomic E-state index is 12.7. The van der Waals surface area contributed by atoms with Gasteiger partial charge < -0.3 is 14.8 Å². The van der Waals surface area contributed by atoms with Gasteiger partial charge in [-0.25, -0.2) is 4.79 Å². The highest BCUT2D eigenvalue weighted by Gasteiger charge is 2.23. The molecule has 2 aromatic carbocycles. The van der Waals surface area contributed by atoms with Crippen LogP contribution in [0.3, 0.4) is 0 Å². The second-order valence-corrected chi connectivity index (χ2v) is 8.57. The molecule has 3 aromatic rings. The number of rotatable bonds is 9. The van der Waals surface area contributed by atoms with Gasteiger partial charge in [0.05, 0.1) is 6.61 Å².